The molecule has 1 unspecified atom stereocenters. The summed E-state index contributed by atoms with van der Waals surface area (Å²) in [6.07, 6.45) is 2.95. The molecule has 0 aliphatic carbocycles. The van der Waals surface area contributed by atoms with E-state index in [2.05, 4.69) is 4.98 Å². The van der Waals surface area contributed by atoms with Crippen LogP contribution in [0.1, 0.15) is 22.4 Å². The molecule has 0 bridgehead atoms. The molecule has 0 N–H and O–H groups in total. The van der Waals surface area contributed by atoms with E-state index in [4.69, 9.17) is 4.42 Å². The third kappa shape index (κ3) is 2.83. The zero-order valence-electron chi connectivity index (χ0n) is 11.8. The number of nitriles is 1. The lowest BCUT2D eigenvalue weighted by Gasteiger charge is -1.99. The molecule has 1 aromatic carbocycles. The second kappa shape index (κ2) is 5.96. The molecule has 0 amide bonds. The highest BCUT2D eigenvalue weighted by Crippen LogP contribution is 2.28. The summed E-state index contributed by atoms with van der Waals surface area (Å²) in [6, 6.07) is 13.2. The molecular formula is C17H12N2O2S. The summed E-state index contributed by atoms with van der Waals surface area (Å²) < 4.78 is 6.33. The van der Waals surface area contributed by atoms with Crippen molar-refractivity contribution in [3.8, 4) is 6.07 Å². The molecule has 2 aromatic heterocycles. The van der Waals surface area contributed by atoms with Crippen molar-refractivity contribution in [2.24, 2.45) is 0 Å². The number of hydrogen-bond acceptors (Lipinski definition) is 5. The van der Waals surface area contributed by atoms with Crippen molar-refractivity contribution in [1.29, 1.82) is 5.26 Å². The average Bonchev–Trinajstić information content (AvgIpc) is 3.11. The van der Waals surface area contributed by atoms with Crippen LogP contribution < -0.4 is 0 Å². The molecule has 0 saturated heterocycles. The van der Waals surface area contributed by atoms with E-state index < -0.39 is 5.92 Å². The summed E-state index contributed by atoms with van der Waals surface area (Å²) >= 11 is 1.37. The van der Waals surface area contributed by atoms with Crippen molar-refractivity contribution in [3.63, 3.8) is 0 Å². The van der Waals surface area contributed by atoms with E-state index in [1.165, 1.54) is 17.4 Å². The molecule has 3 aromatic rings. The third-order valence-corrected chi connectivity index (χ3v) is 4.25. The summed E-state index contributed by atoms with van der Waals surface area (Å²) in [5.74, 6) is 0.183. The number of furan rings is 1. The van der Waals surface area contributed by atoms with Crippen LogP contribution in [0.15, 0.2) is 46.9 Å². The van der Waals surface area contributed by atoms with Gasteiger partial charge in [0.25, 0.3) is 0 Å². The largest absolute Gasteiger partial charge is 0.462 e. The number of rotatable bonds is 4. The normalized spacial score (nSPS) is 12.5. The second-order valence-electron chi connectivity index (χ2n) is 4.77. The highest BCUT2D eigenvalue weighted by molar-refractivity contribution is 7.18. The fourth-order valence-corrected chi connectivity index (χ4v) is 3.08. The number of ketones is 1. The Morgan fingerprint density at radius 1 is 1.36 bits per heavy atom. The van der Waals surface area contributed by atoms with Gasteiger partial charge in [-0.1, -0.05) is 12.1 Å². The number of carbonyl (C=O) groups excluding carboxylic acids is 1. The Balaban J connectivity index is 1.85. The molecule has 3 rings (SSSR count). The van der Waals surface area contributed by atoms with E-state index in [0.29, 0.717) is 10.8 Å². The molecule has 0 spiro atoms. The minimum atomic E-state index is -0.885. The van der Waals surface area contributed by atoms with Gasteiger partial charge >= 0.3 is 0 Å². The maximum atomic E-state index is 12.2. The smallest absolute Gasteiger partial charge is 0.179 e. The van der Waals surface area contributed by atoms with Crippen LogP contribution in [-0.4, -0.2) is 10.8 Å². The number of fused-ring (bicyclic) bond motifs is 1. The topological polar surface area (TPSA) is 66.9 Å². The minimum absolute atomic E-state index is 0.296. The molecule has 0 aliphatic rings. The van der Waals surface area contributed by atoms with Crippen LogP contribution in [0.4, 0.5) is 0 Å². The van der Waals surface area contributed by atoms with Gasteiger partial charge in [-0.25, -0.2) is 4.98 Å². The number of carbonyl (C=O) groups is 1. The maximum absolute atomic E-state index is 12.2. The lowest BCUT2D eigenvalue weighted by atomic mass is 10.1. The monoisotopic (exact) mass is 308 g/mol. The van der Waals surface area contributed by atoms with Gasteiger partial charge in [0.15, 0.2) is 11.7 Å². The lowest BCUT2D eigenvalue weighted by Crippen LogP contribution is -2.07. The van der Waals surface area contributed by atoms with Crippen LogP contribution >= 0.6 is 11.3 Å². The van der Waals surface area contributed by atoms with Gasteiger partial charge in [0.1, 0.15) is 16.5 Å². The molecule has 2 heterocycles. The number of benzene rings is 1. The van der Waals surface area contributed by atoms with Gasteiger partial charge in [-0.2, -0.15) is 5.26 Å². The van der Waals surface area contributed by atoms with E-state index in [1.807, 2.05) is 43.3 Å². The number of hydrogen-bond donors (Lipinski definition) is 0. The second-order valence-corrected chi connectivity index (χ2v) is 5.83. The van der Waals surface area contributed by atoms with Crippen molar-refractivity contribution in [3.05, 3.63) is 59.0 Å². The molecule has 5 heteroatoms. The zero-order chi connectivity index (χ0) is 15.5. The van der Waals surface area contributed by atoms with E-state index in [-0.39, 0.29) is 5.78 Å². The Morgan fingerprint density at radius 3 is 2.86 bits per heavy atom. The summed E-state index contributed by atoms with van der Waals surface area (Å²) in [5, 5.41) is 9.84. The third-order valence-electron chi connectivity index (χ3n) is 3.14. The van der Waals surface area contributed by atoms with Crippen molar-refractivity contribution in [2.75, 3.05) is 0 Å². The number of thiazole rings is 1. The van der Waals surface area contributed by atoms with Gasteiger partial charge in [-0.15, -0.1) is 11.3 Å². The predicted octanol–water partition coefficient (Wildman–Crippen LogP) is 4.09. The summed E-state index contributed by atoms with van der Waals surface area (Å²) in [6.45, 7) is 1.83. The highest BCUT2D eigenvalue weighted by Gasteiger charge is 2.22. The molecule has 4 nitrogen and oxygen atoms in total. The van der Waals surface area contributed by atoms with Crippen LogP contribution in [0, 0.1) is 18.3 Å². The number of nitrogens with zero attached hydrogens (tertiary/aromatic N) is 2. The first-order valence-electron chi connectivity index (χ1n) is 6.71. The number of allylic oxidation sites excluding steroid dienone is 1. The zero-order valence-corrected chi connectivity index (χ0v) is 12.6. The first-order valence-corrected chi connectivity index (χ1v) is 7.52. The van der Waals surface area contributed by atoms with Crippen molar-refractivity contribution < 1.29 is 9.21 Å². The molecular weight excluding hydrogens is 296 g/mol. The quantitative estimate of drug-likeness (QED) is 0.681. The van der Waals surface area contributed by atoms with Crippen LogP contribution in [0.25, 0.3) is 16.3 Å². The molecule has 22 heavy (non-hydrogen) atoms. The van der Waals surface area contributed by atoms with Crippen LogP contribution in [-0.2, 0) is 4.79 Å². The first-order chi connectivity index (χ1) is 10.7. The van der Waals surface area contributed by atoms with E-state index in [1.54, 1.807) is 12.1 Å². The Bertz CT molecular complexity index is 866. The van der Waals surface area contributed by atoms with Crippen LogP contribution in [0.3, 0.4) is 0 Å². The molecule has 0 saturated carbocycles. The summed E-state index contributed by atoms with van der Waals surface area (Å²) in [5.41, 5.74) is 0.807. The Morgan fingerprint density at radius 2 is 2.18 bits per heavy atom. The van der Waals surface area contributed by atoms with Gasteiger partial charge in [0.2, 0.25) is 0 Å². The highest BCUT2D eigenvalue weighted by atomic mass is 32.1. The number of aryl methyl sites for hydroxylation is 1. The molecule has 108 valence electrons. The molecule has 0 fully saturated rings. The van der Waals surface area contributed by atoms with Crippen molar-refractivity contribution in [1.82, 2.24) is 4.98 Å². The fourth-order valence-electron chi connectivity index (χ4n) is 2.06. The van der Waals surface area contributed by atoms with Crippen LogP contribution in [0.5, 0.6) is 0 Å². The Labute approximate surface area is 131 Å². The van der Waals surface area contributed by atoms with Gasteiger partial charge in [-0.3, -0.25) is 4.79 Å². The Kier molecular flexibility index (Phi) is 3.86. The van der Waals surface area contributed by atoms with Gasteiger partial charge in [0, 0.05) is 0 Å². The SMILES string of the molecule is Cc1ccc(/C=C/C(=O)C(C#N)c2nc3ccccc3s2)o1. The van der Waals surface area contributed by atoms with Crippen LogP contribution in [0.2, 0.25) is 0 Å². The first kappa shape index (κ1) is 14.2. The van der Waals surface area contributed by atoms with E-state index >= 15 is 0 Å². The molecule has 1 atom stereocenters. The molecule has 0 radical (unpaired) electrons. The number of para-hydroxylation sites is 1. The summed E-state index contributed by atoms with van der Waals surface area (Å²) in [4.78, 5) is 16.6. The van der Waals surface area contributed by atoms with Crippen molar-refractivity contribution >= 4 is 33.4 Å². The Hall–Kier alpha value is -2.71. The lowest BCUT2D eigenvalue weighted by molar-refractivity contribution is -0.114. The fraction of sp³-hybridized carbons (Fsp3) is 0.118. The minimum Gasteiger partial charge on any atom is -0.462 e. The average molecular weight is 308 g/mol. The number of aromatic nitrogens is 1. The van der Waals surface area contributed by atoms with Gasteiger partial charge in [0.05, 0.1) is 16.3 Å². The maximum Gasteiger partial charge on any atom is 0.179 e. The van der Waals surface area contributed by atoms with E-state index in [9.17, 15) is 10.1 Å². The van der Waals surface area contributed by atoms with Gasteiger partial charge in [-0.05, 0) is 43.3 Å². The van der Waals surface area contributed by atoms with Gasteiger partial charge < -0.3 is 4.42 Å². The molecule has 0 aliphatic heterocycles. The van der Waals surface area contributed by atoms with Crippen molar-refractivity contribution in [2.45, 2.75) is 12.8 Å². The summed E-state index contributed by atoms with van der Waals surface area (Å²) in [7, 11) is 0. The predicted molar refractivity (Wildman–Crippen MR) is 85.5 cm³/mol. The van der Waals surface area contributed by atoms with E-state index in [0.717, 1.165) is 16.0 Å². The standard InChI is InChI=1S/C17H12N2O2S/c1-11-6-7-12(21-11)8-9-15(20)13(10-18)17-19-14-4-2-3-5-16(14)22-17/h2-9,13H,1H3/b9-8+.